The Morgan fingerprint density at radius 1 is 1.06 bits per heavy atom. The summed E-state index contributed by atoms with van der Waals surface area (Å²) in [4.78, 5) is 46.5. The van der Waals surface area contributed by atoms with E-state index in [1.807, 2.05) is 44.2 Å². The van der Waals surface area contributed by atoms with Crippen molar-refractivity contribution in [3.8, 4) is 10.6 Å². The number of nitrogens with zero attached hydrogens (tertiary/aromatic N) is 2. The Morgan fingerprint density at radius 2 is 1.73 bits per heavy atom. The van der Waals surface area contributed by atoms with E-state index in [1.54, 1.807) is 7.11 Å². The van der Waals surface area contributed by atoms with E-state index in [4.69, 9.17) is 21.3 Å². The number of methoxy groups -OCH3 is 1. The molecule has 33 heavy (non-hydrogen) atoms. The first-order chi connectivity index (χ1) is 15.7. The van der Waals surface area contributed by atoms with Crippen LogP contribution in [0.25, 0.3) is 15.1 Å². The minimum Gasteiger partial charge on any atom is -0.497 e. The maximum absolute atomic E-state index is 12.9. The van der Waals surface area contributed by atoms with Gasteiger partial charge >= 0.3 is 0 Å². The summed E-state index contributed by atoms with van der Waals surface area (Å²) in [6.07, 6.45) is 1.60. The summed E-state index contributed by atoms with van der Waals surface area (Å²) >= 11 is 6.63. The van der Waals surface area contributed by atoms with Crippen molar-refractivity contribution in [1.82, 2.24) is 9.88 Å². The van der Waals surface area contributed by atoms with E-state index in [0.717, 1.165) is 31.3 Å². The monoisotopic (exact) mass is 483 g/mol. The third kappa shape index (κ3) is 3.45. The summed E-state index contributed by atoms with van der Waals surface area (Å²) in [5, 5.41) is 1.40. The second-order valence-electron chi connectivity index (χ2n) is 8.98. The molecule has 5 rings (SSSR count). The lowest BCUT2D eigenvalue weighted by molar-refractivity contribution is -0.139. The summed E-state index contributed by atoms with van der Waals surface area (Å²) in [5.41, 5.74) is 1.03. The van der Waals surface area contributed by atoms with Crippen molar-refractivity contribution in [1.29, 1.82) is 0 Å². The Hall–Kier alpha value is -2.77. The number of likely N-dealkylation sites (tertiary alicyclic amines) is 1. The van der Waals surface area contributed by atoms with E-state index in [1.165, 1.54) is 4.90 Å². The van der Waals surface area contributed by atoms with Crippen LogP contribution in [0, 0.1) is 0 Å². The lowest BCUT2D eigenvalue weighted by atomic mass is 9.76. The standard InChI is InChI=1S/C25H24ClN2O4S/c1-25(2)20(29)9-8-16-17-12-18(26)19(13-28-21(30)10-11-22(28)31)27-24(17)33(23(16)25)15-6-4-14(32-3)5-7-15/h4-7,12H,8-11,13H2,1-3H3/q+1. The average Bonchev–Trinajstić information content (AvgIpc) is 3.29. The Labute approximate surface area is 199 Å². The minimum atomic E-state index is -0.620. The number of hydrogen-bond donors (Lipinski definition) is 0. The largest absolute Gasteiger partial charge is 0.497 e. The number of imide groups is 1. The van der Waals surface area contributed by atoms with Gasteiger partial charge in [-0.2, -0.15) is 4.98 Å². The number of Topliss-reactive ketones (excluding diaryl/α,β-unsaturated/α-hetero) is 1. The molecule has 2 aromatic heterocycles. The molecule has 1 aliphatic heterocycles. The number of hydrogen-bond acceptors (Lipinski definition) is 5. The average molecular weight is 484 g/mol. The number of aromatic nitrogens is 1. The number of fused-ring (bicyclic) bond motifs is 3. The number of thiophene rings is 1. The Morgan fingerprint density at radius 3 is 2.36 bits per heavy atom. The van der Waals surface area contributed by atoms with Gasteiger partial charge < -0.3 is 4.74 Å². The first-order valence-electron chi connectivity index (χ1n) is 10.9. The number of halogens is 1. The number of rotatable bonds is 4. The molecule has 8 heteroatoms. The molecule has 0 radical (unpaired) electrons. The van der Waals surface area contributed by atoms with Crippen molar-refractivity contribution >= 4 is 49.9 Å². The van der Waals surface area contributed by atoms with Crippen molar-refractivity contribution in [2.24, 2.45) is 0 Å². The van der Waals surface area contributed by atoms with Crippen molar-refractivity contribution in [2.75, 3.05) is 7.11 Å². The van der Waals surface area contributed by atoms with Gasteiger partial charge in [0.05, 0.1) is 35.2 Å². The second-order valence-corrected chi connectivity index (χ2v) is 11.3. The number of ketones is 1. The van der Waals surface area contributed by atoms with Gasteiger partial charge in [0.1, 0.15) is 11.5 Å². The summed E-state index contributed by atoms with van der Waals surface area (Å²) in [5.74, 6) is 0.582. The van der Waals surface area contributed by atoms with Gasteiger partial charge in [-0.3, -0.25) is 19.3 Å². The topological polar surface area (TPSA) is 76.6 Å². The smallest absolute Gasteiger partial charge is 0.280 e. The van der Waals surface area contributed by atoms with Gasteiger partial charge in [-0.25, -0.2) is 0 Å². The zero-order valence-corrected chi connectivity index (χ0v) is 20.3. The van der Waals surface area contributed by atoms with E-state index < -0.39 is 15.9 Å². The minimum absolute atomic E-state index is 0.0661. The lowest BCUT2D eigenvalue weighted by Crippen LogP contribution is -2.33. The highest BCUT2D eigenvalue weighted by molar-refractivity contribution is 7.45. The first-order valence-corrected chi connectivity index (χ1v) is 12.5. The van der Waals surface area contributed by atoms with Crippen molar-refractivity contribution < 1.29 is 19.1 Å². The van der Waals surface area contributed by atoms with Crippen molar-refractivity contribution in [3.05, 3.63) is 51.5 Å². The highest BCUT2D eigenvalue weighted by atomic mass is 35.5. The van der Waals surface area contributed by atoms with E-state index >= 15 is 0 Å². The van der Waals surface area contributed by atoms with Crippen LogP contribution in [0.5, 0.6) is 5.75 Å². The number of ether oxygens (including phenoxy) is 1. The van der Waals surface area contributed by atoms with Crippen LogP contribution in [0.1, 0.15) is 49.2 Å². The normalized spacial score (nSPS) is 18.2. The molecular weight excluding hydrogens is 460 g/mol. The first kappa shape index (κ1) is 22.0. The van der Waals surface area contributed by atoms with Crippen LogP contribution in [0.4, 0.5) is 0 Å². The molecule has 0 bridgehead atoms. The van der Waals surface area contributed by atoms with Crippen LogP contribution < -0.4 is 4.74 Å². The van der Waals surface area contributed by atoms with Crippen LogP contribution in [0.15, 0.2) is 30.3 Å². The number of benzene rings is 1. The molecular formula is C25H24ClN2O4S+. The lowest BCUT2D eigenvalue weighted by Gasteiger charge is -2.25. The molecule has 6 nitrogen and oxygen atoms in total. The van der Waals surface area contributed by atoms with Gasteiger partial charge in [0.25, 0.3) is 4.83 Å². The molecule has 0 N–H and O–H groups in total. The number of carbonyl (C=O) groups excluding carboxylic acids is 3. The van der Waals surface area contributed by atoms with Gasteiger partial charge in [-0.1, -0.05) is 11.6 Å². The third-order valence-electron chi connectivity index (χ3n) is 6.64. The molecule has 170 valence electrons. The molecule has 1 saturated heterocycles. The number of aryl methyl sites for hydroxylation is 1. The summed E-state index contributed by atoms with van der Waals surface area (Å²) in [6.45, 7) is 4.04. The predicted octanol–water partition coefficient (Wildman–Crippen LogP) is 5.08. The highest BCUT2D eigenvalue weighted by Crippen LogP contribution is 2.54. The summed E-state index contributed by atoms with van der Waals surface area (Å²) in [7, 11) is 1.05. The molecule has 1 aromatic carbocycles. The number of amides is 2. The Kier molecular flexibility index (Phi) is 5.29. The van der Waals surface area contributed by atoms with Gasteiger partial charge in [0.15, 0.2) is 9.77 Å². The van der Waals surface area contributed by atoms with E-state index in [-0.39, 0.29) is 37.0 Å². The van der Waals surface area contributed by atoms with E-state index in [9.17, 15) is 14.4 Å². The fourth-order valence-corrected chi connectivity index (χ4v) is 7.74. The maximum Gasteiger partial charge on any atom is 0.280 e. The molecule has 3 aromatic rings. The highest BCUT2D eigenvalue weighted by Gasteiger charge is 2.47. The molecule has 0 saturated carbocycles. The molecule has 1 aliphatic carbocycles. The Bertz CT molecular complexity index is 1310. The van der Waals surface area contributed by atoms with Gasteiger partial charge in [0, 0.05) is 47.4 Å². The van der Waals surface area contributed by atoms with Crippen molar-refractivity contribution in [2.45, 2.75) is 51.5 Å². The molecule has 2 amide bonds. The van der Waals surface area contributed by atoms with Crippen LogP contribution >= 0.6 is 22.1 Å². The second kappa shape index (κ2) is 7.92. The van der Waals surface area contributed by atoms with E-state index in [0.29, 0.717) is 23.6 Å². The molecule has 0 spiro atoms. The quantitative estimate of drug-likeness (QED) is 0.382. The molecule has 1 fully saturated rings. The molecule has 1 atom stereocenters. The van der Waals surface area contributed by atoms with Crippen LogP contribution in [-0.4, -0.2) is 34.6 Å². The predicted molar refractivity (Wildman–Crippen MR) is 128 cm³/mol. The third-order valence-corrected chi connectivity index (χ3v) is 9.57. The fraction of sp³-hybridized carbons (Fsp3) is 0.360. The SMILES string of the molecule is COc1ccc(-[s+]2c3c(c4cc(Cl)c(CN5C(=O)CCC5=O)nc42)CCC(=O)C3(C)C)cc1. The van der Waals surface area contributed by atoms with Gasteiger partial charge in [-0.05, 0) is 38.5 Å². The zero-order chi connectivity index (χ0) is 23.5. The fourth-order valence-electron chi connectivity index (χ4n) is 4.78. The molecule has 1 unspecified atom stereocenters. The van der Waals surface area contributed by atoms with Gasteiger partial charge in [-0.15, -0.1) is 0 Å². The number of pyridine rings is 1. The molecule has 2 aliphatic rings. The van der Waals surface area contributed by atoms with Crippen LogP contribution in [0.3, 0.4) is 0 Å². The molecule has 3 heterocycles. The Balaban J connectivity index is 1.76. The number of carbonyl (C=O) groups is 3. The van der Waals surface area contributed by atoms with Crippen molar-refractivity contribution in [3.63, 3.8) is 0 Å². The summed E-state index contributed by atoms with van der Waals surface area (Å²) < 4.78 is 5.33. The zero-order valence-electron chi connectivity index (χ0n) is 18.7. The van der Waals surface area contributed by atoms with E-state index in [2.05, 4.69) is 0 Å². The maximum atomic E-state index is 12.9. The van der Waals surface area contributed by atoms with Crippen LogP contribution in [-0.2, 0) is 32.8 Å². The van der Waals surface area contributed by atoms with Crippen LogP contribution in [0.2, 0.25) is 5.02 Å². The van der Waals surface area contributed by atoms with Gasteiger partial charge in [0.2, 0.25) is 11.8 Å². The summed E-state index contributed by atoms with van der Waals surface area (Å²) in [6, 6.07) is 9.76.